The second-order valence-electron chi connectivity index (χ2n) is 5.29. The topological polar surface area (TPSA) is 131 Å². The zero-order valence-electron chi connectivity index (χ0n) is 13.4. The van der Waals surface area contributed by atoms with E-state index in [2.05, 4.69) is 30.3 Å². The van der Waals surface area contributed by atoms with Gasteiger partial charge in [-0.3, -0.25) is 9.89 Å². The van der Waals surface area contributed by atoms with Gasteiger partial charge < -0.3 is 9.64 Å². The number of halogens is 1. The molecule has 4 rings (SSSR count). The van der Waals surface area contributed by atoms with Gasteiger partial charge in [0.05, 0.1) is 25.6 Å². The van der Waals surface area contributed by atoms with Crippen LogP contribution in [-0.2, 0) is 4.74 Å². The van der Waals surface area contributed by atoms with E-state index in [1.165, 1.54) is 28.1 Å². The van der Waals surface area contributed by atoms with Crippen LogP contribution in [0.25, 0.3) is 11.5 Å². The number of H-pyrrole nitrogens is 1. The molecule has 1 N–H and O–H groups in total. The van der Waals surface area contributed by atoms with Gasteiger partial charge in [0.2, 0.25) is 0 Å². The number of anilines is 1. The first-order valence-electron chi connectivity index (χ1n) is 7.54. The van der Waals surface area contributed by atoms with E-state index < -0.39 is 0 Å². The lowest BCUT2D eigenvalue weighted by Gasteiger charge is -2.27. The van der Waals surface area contributed by atoms with Crippen molar-refractivity contribution < 1.29 is 4.74 Å². The van der Waals surface area contributed by atoms with E-state index in [1.807, 2.05) is 6.07 Å². The van der Waals surface area contributed by atoms with Crippen molar-refractivity contribution in [1.29, 1.82) is 5.26 Å². The summed E-state index contributed by atoms with van der Waals surface area (Å²) in [4.78, 5) is 23.1. The van der Waals surface area contributed by atoms with E-state index in [0.29, 0.717) is 19.0 Å². The fourth-order valence-corrected chi connectivity index (χ4v) is 2.55. The standard InChI is InChI=1S/C14H13N9O2.ClH/c15-6-10-8-22(20-19-10)11-7-18-23(14(11)24)13-5-12(16-9-17-13)21-1-3-25-4-2-21;/h5,7-9,18H,1-4H2;1H. The number of nitrogens with one attached hydrogen (secondary N) is 1. The van der Waals surface area contributed by atoms with Crippen molar-refractivity contribution in [2.45, 2.75) is 0 Å². The SMILES string of the molecule is Cl.N#Cc1cn(-c2c[nH]n(-c3cc(N4CCOCC4)ncn3)c2=O)nn1. The van der Waals surface area contributed by atoms with E-state index >= 15 is 0 Å². The Kier molecular flexibility index (Phi) is 4.97. The molecule has 0 unspecified atom stereocenters. The molecule has 0 atom stereocenters. The van der Waals surface area contributed by atoms with Crippen molar-refractivity contribution in [3.05, 3.63) is 40.8 Å². The zero-order valence-corrected chi connectivity index (χ0v) is 14.3. The molecule has 0 spiro atoms. The van der Waals surface area contributed by atoms with Crippen LogP contribution < -0.4 is 10.5 Å². The van der Waals surface area contributed by atoms with E-state index in [1.54, 1.807) is 6.07 Å². The summed E-state index contributed by atoms with van der Waals surface area (Å²) in [5, 5.41) is 19.1. The van der Waals surface area contributed by atoms with Crippen LogP contribution >= 0.6 is 12.4 Å². The first kappa shape index (κ1) is 17.6. The summed E-state index contributed by atoms with van der Waals surface area (Å²) < 4.78 is 7.87. The minimum atomic E-state index is -0.360. The Labute approximate surface area is 153 Å². The molecule has 1 fully saturated rings. The predicted molar refractivity (Wildman–Crippen MR) is 91.9 cm³/mol. The smallest absolute Gasteiger partial charge is 0.298 e. The second kappa shape index (κ2) is 7.34. The molecule has 1 saturated heterocycles. The summed E-state index contributed by atoms with van der Waals surface area (Å²) in [6.45, 7) is 2.74. The fraction of sp³-hybridized carbons (Fsp3) is 0.286. The van der Waals surface area contributed by atoms with Crippen LogP contribution in [0.3, 0.4) is 0 Å². The van der Waals surface area contributed by atoms with Gasteiger partial charge in [-0.05, 0) is 0 Å². The maximum atomic E-state index is 12.6. The van der Waals surface area contributed by atoms with Crippen molar-refractivity contribution in [1.82, 2.24) is 34.7 Å². The average molecular weight is 376 g/mol. The van der Waals surface area contributed by atoms with E-state index in [-0.39, 0.29) is 29.3 Å². The molecule has 1 aliphatic heterocycles. The highest BCUT2D eigenvalue weighted by molar-refractivity contribution is 5.85. The lowest BCUT2D eigenvalue weighted by Crippen LogP contribution is -2.37. The lowest BCUT2D eigenvalue weighted by atomic mass is 10.4. The van der Waals surface area contributed by atoms with Gasteiger partial charge >= 0.3 is 0 Å². The summed E-state index contributed by atoms with van der Waals surface area (Å²) >= 11 is 0. The molecule has 11 nitrogen and oxygen atoms in total. The van der Waals surface area contributed by atoms with Crippen molar-refractivity contribution in [3.8, 4) is 17.6 Å². The Morgan fingerprint density at radius 1 is 1.23 bits per heavy atom. The second-order valence-corrected chi connectivity index (χ2v) is 5.29. The number of hydrogen-bond donors (Lipinski definition) is 1. The lowest BCUT2D eigenvalue weighted by molar-refractivity contribution is 0.122. The van der Waals surface area contributed by atoms with Crippen LogP contribution in [0.15, 0.2) is 29.6 Å². The summed E-state index contributed by atoms with van der Waals surface area (Å²) in [6.07, 6.45) is 4.28. The van der Waals surface area contributed by atoms with Gasteiger partial charge in [-0.1, -0.05) is 5.21 Å². The molecular weight excluding hydrogens is 362 g/mol. The Hall–Kier alpha value is -3.23. The van der Waals surface area contributed by atoms with Crippen LogP contribution in [0.4, 0.5) is 5.82 Å². The van der Waals surface area contributed by atoms with Gasteiger partial charge in [-0.25, -0.2) is 14.6 Å². The molecule has 0 bridgehead atoms. The van der Waals surface area contributed by atoms with Crippen LogP contribution in [-0.4, -0.2) is 61.0 Å². The third-order valence-electron chi connectivity index (χ3n) is 3.81. The summed E-state index contributed by atoms with van der Waals surface area (Å²) in [6, 6.07) is 3.60. The monoisotopic (exact) mass is 375 g/mol. The van der Waals surface area contributed by atoms with Gasteiger partial charge in [-0.15, -0.1) is 17.5 Å². The summed E-state index contributed by atoms with van der Waals surface area (Å²) in [5.41, 5.74) is 0.00495. The Balaban J connectivity index is 0.00000196. The number of nitriles is 1. The predicted octanol–water partition coefficient (Wildman–Crippen LogP) is -0.334. The molecule has 12 heteroatoms. The van der Waals surface area contributed by atoms with Crippen LogP contribution in [0.2, 0.25) is 0 Å². The first-order valence-corrected chi connectivity index (χ1v) is 7.54. The molecule has 3 aromatic rings. The maximum Gasteiger partial charge on any atom is 0.298 e. The molecule has 134 valence electrons. The Morgan fingerprint density at radius 2 is 2.00 bits per heavy atom. The molecule has 0 aromatic carbocycles. The number of nitrogens with zero attached hydrogens (tertiary/aromatic N) is 8. The third-order valence-corrected chi connectivity index (χ3v) is 3.81. The zero-order chi connectivity index (χ0) is 17.2. The summed E-state index contributed by atoms with van der Waals surface area (Å²) in [5.74, 6) is 1.14. The van der Waals surface area contributed by atoms with Crippen LogP contribution in [0.5, 0.6) is 0 Å². The highest BCUT2D eigenvalue weighted by atomic mass is 35.5. The van der Waals surface area contributed by atoms with E-state index in [4.69, 9.17) is 10.00 Å². The Morgan fingerprint density at radius 3 is 2.73 bits per heavy atom. The summed E-state index contributed by atoms with van der Waals surface area (Å²) in [7, 11) is 0. The third kappa shape index (κ3) is 3.15. The highest BCUT2D eigenvalue weighted by Crippen LogP contribution is 2.14. The molecule has 0 aliphatic carbocycles. The number of rotatable bonds is 3. The quantitative estimate of drug-likeness (QED) is 0.658. The minimum Gasteiger partial charge on any atom is -0.378 e. The van der Waals surface area contributed by atoms with Crippen molar-refractivity contribution in [2.24, 2.45) is 0 Å². The number of ether oxygens (including phenoxy) is 1. The Bertz CT molecular complexity index is 996. The van der Waals surface area contributed by atoms with E-state index in [9.17, 15) is 4.79 Å². The average Bonchev–Trinajstić information content (AvgIpc) is 3.29. The molecule has 1 aliphatic rings. The molecule has 4 heterocycles. The van der Waals surface area contributed by atoms with Crippen LogP contribution in [0, 0.1) is 11.3 Å². The van der Waals surface area contributed by atoms with Gasteiger partial charge in [0, 0.05) is 19.2 Å². The molecule has 3 aromatic heterocycles. The van der Waals surface area contributed by atoms with Gasteiger partial charge in [0.1, 0.15) is 18.2 Å². The number of aromatic amines is 1. The van der Waals surface area contributed by atoms with Gasteiger partial charge in [0.25, 0.3) is 5.56 Å². The first-order chi connectivity index (χ1) is 12.3. The van der Waals surface area contributed by atoms with Gasteiger partial charge in [-0.2, -0.15) is 9.94 Å². The van der Waals surface area contributed by atoms with Crippen LogP contribution in [0.1, 0.15) is 5.69 Å². The van der Waals surface area contributed by atoms with Crippen molar-refractivity contribution in [3.63, 3.8) is 0 Å². The normalized spacial score (nSPS) is 13.9. The minimum absolute atomic E-state index is 0. The molecular formula is C14H14ClN9O2. The highest BCUT2D eigenvalue weighted by Gasteiger charge is 2.16. The van der Waals surface area contributed by atoms with Gasteiger partial charge in [0.15, 0.2) is 17.2 Å². The number of hydrogen-bond acceptors (Lipinski definition) is 8. The molecule has 0 saturated carbocycles. The fourth-order valence-electron chi connectivity index (χ4n) is 2.55. The van der Waals surface area contributed by atoms with Crippen molar-refractivity contribution >= 4 is 18.2 Å². The molecule has 26 heavy (non-hydrogen) atoms. The molecule has 0 radical (unpaired) electrons. The number of morpholine rings is 1. The van der Waals surface area contributed by atoms with Crippen molar-refractivity contribution in [2.75, 3.05) is 31.2 Å². The number of aromatic nitrogens is 7. The maximum absolute atomic E-state index is 12.6. The van der Waals surface area contributed by atoms with E-state index in [0.717, 1.165) is 18.9 Å². The largest absolute Gasteiger partial charge is 0.378 e. The molecule has 0 amide bonds.